The second-order valence-corrected chi connectivity index (χ2v) is 6.80. The molecule has 1 fully saturated rings. The fraction of sp³-hybridized carbons (Fsp3) is 0.263. The number of hydrogen-bond acceptors (Lipinski definition) is 4. The van der Waals surface area contributed by atoms with Gasteiger partial charge in [-0.2, -0.15) is 5.26 Å². The number of halogens is 2. The average Bonchev–Trinajstić information content (AvgIpc) is 2.67. The van der Waals surface area contributed by atoms with E-state index in [4.69, 9.17) is 4.74 Å². The lowest BCUT2D eigenvalue weighted by Crippen LogP contribution is -2.50. The molecule has 0 unspecified atom stereocenters. The Morgan fingerprint density at radius 1 is 1.15 bits per heavy atom. The zero-order chi connectivity index (χ0) is 18.5. The molecule has 3 rings (SSSR count). The highest BCUT2D eigenvalue weighted by Crippen LogP contribution is 2.22. The molecule has 0 N–H and O–H groups in total. The molecule has 0 aromatic heterocycles. The van der Waals surface area contributed by atoms with E-state index in [9.17, 15) is 14.4 Å². The van der Waals surface area contributed by atoms with Crippen molar-refractivity contribution in [2.45, 2.75) is 0 Å². The minimum absolute atomic E-state index is 0.0123. The van der Waals surface area contributed by atoms with Crippen LogP contribution in [-0.4, -0.2) is 43.6 Å². The van der Waals surface area contributed by atoms with Crippen LogP contribution in [0.2, 0.25) is 0 Å². The summed E-state index contributed by atoms with van der Waals surface area (Å²) < 4.78 is 19.8. The molecule has 2 aromatic rings. The molecule has 1 heterocycles. The van der Waals surface area contributed by atoms with E-state index in [1.807, 2.05) is 23.1 Å². The highest BCUT2D eigenvalue weighted by molar-refractivity contribution is 9.10. The number of nitriles is 1. The van der Waals surface area contributed by atoms with Gasteiger partial charge in [0.1, 0.15) is 17.6 Å². The number of nitrogens with zero attached hydrogens (tertiary/aromatic N) is 3. The maximum atomic E-state index is 13.3. The van der Waals surface area contributed by atoms with E-state index in [1.165, 1.54) is 12.1 Å². The molecule has 5 nitrogen and oxygen atoms in total. The maximum absolute atomic E-state index is 13.3. The van der Waals surface area contributed by atoms with E-state index in [1.54, 1.807) is 23.1 Å². The van der Waals surface area contributed by atoms with Gasteiger partial charge in [0.05, 0.1) is 11.3 Å². The highest BCUT2D eigenvalue weighted by Gasteiger charge is 2.23. The predicted octanol–water partition coefficient (Wildman–Crippen LogP) is 3.19. The molecule has 0 aliphatic carbocycles. The van der Waals surface area contributed by atoms with E-state index >= 15 is 0 Å². The van der Waals surface area contributed by atoms with Gasteiger partial charge in [-0.25, -0.2) is 4.39 Å². The summed E-state index contributed by atoms with van der Waals surface area (Å²) in [5.74, 6) is 0.140. The lowest BCUT2D eigenvalue weighted by molar-refractivity contribution is -0.133. The summed E-state index contributed by atoms with van der Waals surface area (Å²) in [5, 5.41) is 9.18. The third kappa shape index (κ3) is 4.33. The Morgan fingerprint density at radius 3 is 2.50 bits per heavy atom. The molecule has 134 valence electrons. The van der Waals surface area contributed by atoms with Crippen LogP contribution >= 0.6 is 15.9 Å². The Labute approximate surface area is 159 Å². The van der Waals surface area contributed by atoms with Crippen LogP contribution in [-0.2, 0) is 4.79 Å². The predicted molar refractivity (Wildman–Crippen MR) is 99.5 cm³/mol. The standard InChI is InChI=1S/C19H17BrFN3O2/c20-15-1-4-17(5-2-15)26-13-19(25)24-9-7-23(8-10-24)18-6-3-16(21)11-14(18)12-22/h1-6,11H,7-10,13H2. The quantitative estimate of drug-likeness (QED) is 0.766. The topological polar surface area (TPSA) is 56.6 Å². The van der Waals surface area contributed by atoms with Crippen LogP contribution in [0.15, 0.2) is 46.9 Å². The van der Waals surface area contributed by atoms with Gasteiger partial charge in [-0.05, 0) is 42.5 Å². The van der Waals surface area contributed by atoms with Gasteiger partial charge < -0.3 is 14.5 Å². The fourth-order valence-corrected chi connectivity index (χ4v) is 3.10. The largest absolute Gasteiger partial charge is 0.484 e. The van der Waals surface area contributed by atoms with Gasteiger partial charge in [-0.3, -0.25) is 4.79 Å². The van der Waals surface area contributed by atoms with Crippen LogP contribution in [0.1, 0.15) is 5.56 Å². The van der Waals surface area contributed by atoms with Crippen LogP contribution < -0.4 is 9.64 Å². The number of ether oxygens (including phenoxy) is 1. The first-order valence-electron chi connectivity index (χ1n) is 8.17. The van der Waals surface area contributed by atoms with Crippen LogP contribution in [0.25, 0.3) is 0 Å². The molecule has 26 heavy (non-hydrogen) atoms. The molecule has 2 aromatic carbocycles. The summed E-state index contributed by atoms with van der Waals surface area (Å²) >= 11 is 3.35. The first-order chi connectivity index (χ1) is 12.6. The first-order valence-corrected chi connectivity index (χ1v) is 8.97. The van der Waals surface area contributed by atoms with Gasteiger partial charge in [0.2, 0.25) is 0 Å². The zero-order valence-corrected chi connectivity index (χ0v) is 15.6. The van der Waals surface area contributed by atoms with Gasteiger partial charge >= 0.3 is 0 Å². The van der Waals surface area contributed by atoms with Crippen molar-refractivity contribution in [3.8, 4) is 11.8 Å². The van der Waals surface area contributed by atoms with Crippen molar-refractivity contribution in [1.29, 1.82) is 5.26 Å². The molecule has 0 atom stereocenters. The number of amides is 1. The Hall–Kier alpha value is -2.59. The normalized spacial score (nSPS) is 14.0. The number of carbonyl (C=O) groups excluding carboxylic acids is 1. The van der Waals surface area contributed by atoms with E-state index in [0.29, 0.717) is 43.2 Å². The molecule has 0 saturated carbocycles. The second kappa shape index (κ2) is 8.19. The summed E-state index contributed by atoms with van der Waals surface area (Å²) in [6, 6.07) is 13.5. The van der Waals surface area contributed by atoms with E-state index < -0.39 is 5.82 Å². The first kappa shape index (κ1) is 18.2. The van der Waals surface area contributed by atoms with Crippen LogP contribution in [0, 0.1) is 17.1 Å². The third-order valence-electron chi connectivity index (χ3n) is 4.23. The minimum atomic E-state index is -0.427. The van der Waals surface area contributed by atoms with Crippen molar-refractivity contribution < 1.29 is 13.9 Å². The van der Waals surface area contributed by atoms with Gasteiger partial charge in [0.15, 0.2) is 6.61 Å². The molecule has 0 spiro atoms. The Balaban J connectivity index is 1.54. The summed E-state index contributed by atoms with van der Waals surface area (Å²) in [5.41, 5.74) is 1.01. The van der Waals surface area contributed by atoms with Crippen LogP contribution in [0.4, 0.5) is 10.1 Å². The lowest BCUT2D eigenvalue weighted by atomic mass is 10.1. The smallest absolute Gasteiger partial charge is 0.260 e. The molecular weight excluding hydrogens is 401 g/mol. The van der Waals surface area contributed by atoms with Crippen molar-refractivity contribution in [2.24, 2.45) is 0 Å². The maximum Gasteiger partial charge on any atom is 0.260 e. The minimum Gasteiger partial charge on any atom is -0.484 e. The number of piperazine rings is 1. The number of hydrogen-bond donors (Lipinski definition) is 0. The Morgan fingerprint density at radius 2 is 1.85 bits per heavy atom. The SMILES string of the molecule is N#Cc1cc(F)ccc1N1CCN(C(=O)COc2ccc(Br)cc2)CC1. The van der Waals surface area contributed by atoms with Crippen molar-refractivity contribution in [3.05, 3.63) is 58.3 Å². The third-order valence-corrected chi connectivity index (χ3v) is 4.76. The molecule has 0 bridgehead atoms. The molecular formula is C19H17BrFN3O2. The van der Waals surface area contributed by atoms with Crippen molar-refractivity contribution in [1.82, 2.24) is 4.90 Å². The lowest BCUT2D eigenvalue weighted by Gasteiger charge is -2.36. The van der Waals surface area contributed by atoms with Crippen LogP contribution in [0.5, 0.6) is 5.75 Å². The summed E-state index contributed by atoms with van der Waals surface area (Å²) in [4.78, 5) is 16.1. The van der Waals surface area contributed by atoms with Crippen molar-refractivity contribution >= 4 is 27.5 Å². The monoisotopic (exact) mass is 417 g/mol. The van der Waals surface area contributed by atoms with E-state index in [2.05, 4.69) is 15.9 Å². The fourth-order valence-electron chi connectivity index (χ4n) is 2.84. The zero-order valence-electron chi connectivity index (χ0n) is 14.0. The van der Waals surface area contributed by atoms with Gasteiger partial charge in [-0.15, -0.1) is 0 Å². The van der Waals surface area contributed by atoms with Gasteiger partial charge in [-0.1, -0.05) is 15.9 Å². The summed E-state index contributed by atoms with van der Waals surface area (Å²) in [6.45, 7) is 2.23. The Bertz CT molecular complexity index is 828. The summed E-state index contributed by atoms with van der Waals surface area (Å²) in [7, 11) is 0. The van der Waals surface area contributed by atoms with Crippen LogP contribution in [0.3, 0.4) is 0 Å². The van der Waals surface area contributed by atoms with Crippen molar-refractivity contribution in [3.63, 3.8) is 0 Å². The number of carbonyl (C=O) groups is 1. The highest BCUT2D eigenvalue weighted by atomic mass is 79.9. The number of anilines is 1. The number of rotatable bonds is 4. The van der Waals surface area contributed by atoms with Crippen molar-refractivity contribution in [2.75, 3.05) is 37.7 Å². The molecule has 0 radical (unpaired) electrons. The molecule has 7 heteroatoms. The van der Waals surface area contributed by atoms with E-state index in [-0.39, 0.29) is 12.5 Å². The van der Waals surface area contributed by atoms with Gasteiger partial charge in [0.25, 0.3) is 5.91 Å². The van der Waals surface area contributed by atoms with E-state index in [0.717, 1.165) is 4.47 Å². The average molecular weight is 418 g/mol. The molecule has 1 amide bonds. The Kier molecular flexibility index (Phi) is 5.74. The number of benzene rings is 2. The molecule has 1 aliphatic rings. The molecule has 1 aliphatic heterocycles. The second-order valence-electron chi connectivity index (χ2n) is 5.88. The molecule has 1 saturated heterocycles. The van der Waals surface area contributed by atoms with Gasteiger partial charge in [0, 0.05) is 30.7 Å². The summed E-state index contributed by atoms with van der Waals surface area (Å²) in [6.07, 6.45) is 0.